The fourth-order valence-corrected chi connectivity index (χ4v) is 4.16. The zero-order chi connectivity index (χ0) is 22.5. The summed E-state index contributed by atoms with van der Waals surface area (Å²) >= 11 is 0.937. The highest BCUT2D eigenvalue weighted by Crippen LogP contribution is 2.34. The smallest absolute Gasteiger partial charge is 0.341 e. The summed E-state index contributed by atoms with van der Waals surface area (Å²) in [7, 11) is 1.21. The van der Waals surface area contributed by atoms with Crippen molar-refractivity contribution in [2.24, 2.45) is 0 Å². The van der Waals surface area contributed by atoms with Gasteiger partial charge in [-0.15, -0.1) is 11.3 Å². The number of methoxy groups -OCH3 is 1. The van der Waals surface area contributed by atoms with Crippen LogP contribution in [0.5, 0.6) is 0 Å². The Bertz CT molecular complexity index is 1130. The number of halogens is 1. The van der Waals surface area contributed by atoms with Crippen molar-refractivity contribution in [1.29, 1.82) is 0 Å². The molecule has 1 atom stereocenters. The maximum absolute atomic E-state index is 14.0. The number of anilines is 1. The Morgan fingerprint density at radius 1 is 1.00 bits per heavy atom. The fraction of sp³-hybridized carbons (Fsp3) is 0.174. The Labute approximate surface area is 183 Å². The van der Waals surface area contributed by atoms with Gasteiger partial charge in [-0.2, -0.15) is 0 Å². The summed E-state index contributed by atoms with van der Waals surface area (Å²) in [6.07, 6.45) is 0. The monoisotopic (exact) mass is 440 g/mol. The van der Waals surface area contributed by atoms with Crippen molar-refractivity contribution in [2.45, 2.75) is 19.9 Å². The number of esters is 1. The SMILES string of the molecule is COC(=O)c1c(NC(=O)c2ccccc2F)sc(C(=O)NC(C)c2ccccc2)c1C. The predicted octanol–water partition coefficient (Wildman–Crippen LogP) is 4.73. The quantitative estimate of drug-likeness (QED) is 0.543. The van der Waals surface area contributed by atoms with Gasteiger partial charge in [-0.25, -0.2) is 9.18 Å². The van der Waals surface area contributed by atoms with Gasteiger partial charge < -0.3 is 15.4 Å². The van der Waals surface area contributed by atoms with Crippen LogP contribution >= 0.6 is 11.3 Å². The van der Waals surface area contributed by atoms with Gasteiger partial charge in [0.15, 0.2) is 0 Å². The standard InChI is InChI=1S/C23H21FN2O4S/c1-13-18(23(29)30-3)22(26-20(27)16-11-7-8-12-17(16)24)31-19(13)21(28)25-14(2)15-9-5-4-6-10-15/h4-12,14H,1-3H3,(H,25,28)(H,26,27). The fourth-order valence-electron chi connectivity index (χ4n) is 3.07. The molecule has 6 nitrogen and oxygen atoms in total. The van der Waals surface area contributed by atoms with Crippen LogP contribution in [-0.4, -0.2) is 24.9 Å². The van der Waals surface area contributed by atoms with Crippen LogP contribution in [0.25, 0.3) is 0 Å². The molecule has 0 fully saturated rings. The van der Waals surface area contributed by atoms with E-state index in [4.69, 9.17) is 4.74 Å². The van der Waals surface area contributed by atoms with E-state index in [9.17, 15) is 18.8 Å². The Hall–Kier alpha value is -3.52. The van der Waals surface area contributed by atoms with E-state index in [1.807, 2.05) is 37.3 Å². The van der Waals surface area contributed by atoms with Gasteiger partial charge in [-0.3, -0.25) is 9.59 Å². The summed E-state index contributed by atoms with van der Waals surface area (Å²) in [5.41, 5.74) is 1.19. The molecule has 1 unspecified atom stereocenters. The summed E-state index contributed by atoms with van der Waals surface area (Å²) in [5.74, 6) is -2.51. The van der Waals surface area contributed by atoms with Crippen molar-refractivity contribution >= 4 is 34.1 Å². The highest BCUT2D eigenvalue weighted by Gasteiger charge is 2.27. The number of hydrogen-bond donors (Lipinski definition) is 2. The molecule has 0 aliphatic carbocycles. The van der Waals surface area contributed by atoms with Gasteiger partial charge >= 0.3 is 5.97 Å². The third-order valence-electron chi connectivity index (χ3n) is 4.74. The normalized spacial score (nSPS) is 11.5. The molecule has 2 amide bonds. The van der Waals surface area contributed by atoms with Gasteiger partial charge in [0.1, 0.15) is 10.8 Å². The van der Waals surface area contributed by atoms with Crippen LogP contribution in [0.2, 0.25) is 0 Å². The van der Waals surface area contributed by atoms with Crippen molar-refractivity contribution in [1.82, 2.24) is 5.32 Å². The third-order valence-corrected chi connectivity index (χ3v) is 5.94. The molecule has 0 aliphatic heterocycles. The summed E-state index contributed by atoms with van der Waals surface area (Å²) in [6.45, 7) is 3.45. The zero-order valence-electron chi connectivity index (χ0n) is 17.2. The molecule has 0 bridgehead atoms. The van der Waals surface area contributed by atoms with Gasteiger partial charge in [0.25, 0.3) is 11.8 Å². The number of hydrogen-bond acceptors (Lipinski definition) is 5. The molecule has 0 spiro atoms. The first kappa shape index (κ1) is 22.2. The van der Waals surface area contributed by atoms with E-state index in [1.165, 1.54) is 31.4 Å². The van der Waals surface area contributed by atoms with E-state index in [-0.39, 0.29) is 27.0 Å². The molecule has 8 heteroatoms. The van der Waals surface area contributed by atoms with Crippen LogP contribution in [-0.2, 0) is 4.74 Å². The molecule has 0 radical (unpaired) electrons. The van der Waals surface area contributed by atoms with Crippen molar-refractivity contribution < 1.29 is 23.5 Å². The summed E-state index contributed by atoms with van der Waals surface area (Å²) < 4.78 is 18.8. The van der Waals surface area contributed by atoms with Crippen LogP contribution in [0.15, 0.2) is 54.6 Å². The number of ether oxygens (including phenoxy) is 1. The maximum Gasteiger partial charge on any atom is 0.341 e. The molecule has 1 aromatic heterocycles. The minimum absolute atomic E-state index is 0.0645. The number of amides is 2. The molecular weight excluding hydrogens is 419 g/mol. The van der Waals surface area contributed by atoms with Gasteiger partial charge in [0.05, 0.1) is 29.2 Å². The second-order valence-electron chi connectivity index (χ2n) is 6.79. The van der Waals surface area contributed by atoms with E-state index < -0.39 is 23.6 Å². The van der Waals surface area contributed by atoms with Crippen molar-refractivity contribution in [3.05, 3.63) is 87.5 Å². The lowest BCUT2D eigenvalue weighted by atomic mass is 10.1. The van der Waals surface area contributed by atoms with Crippen LogP contribution in [0, 0.1) is 12.7 Å². The van der Waals surface area contributed by atoms with Crippen molar-refractivity contribution in [3.8, 4) is 0 Å². The minimum Gasteiger partial charge on any atom is -0.465 e. The lowest BCUT2D eigenvalue weighted by Crippen LogP contribution is -2.26. The van der Waals surface area contributed by atoms with Crippen LogP contribution in [0.1, 0.15) is 54.5 Å². The highest BCUT2D eigenvalue weighted by atomic mass is 32.1. The second kappa shape index (κ2) is 9.53. The van der Waals surface area contributed by atoms with Crippen LogP contribution in [0.3, 0.4) is 0 Å². The van der Waals surface area contributed by atoms with Gasteiger partial charge in [0, 0.05) is 0 Å². The Kier molecular flexibility index (Phi) is 6.81. The molecule has 3 rings (SSSR count). The molecule has 0 saturated carbocycles. The molecule has 0 aliphatic rings. The lowest BCUT2D eigenvalue weighted by Gasteiger charge is -2.14. The summed E-state index contributed by atoms with van der Waals surface area (Å²) in [4.78, 5) is 38.1. The molecule has 31 heavy (non-hydrogen) atoms. The first-order chi connectivity index (χ1) is 14.8. The summed E-state index contributed by atoms with van der Waals surface area (Å²) in [6, 6.07) is 14.7. The Balaban J connectivity index is 1.91. The molecule has 160 valence electrons. The number of carbonyl (C=O) groups is 3. The van der Waals surface area contributed by atoms with E-state index in [0.717, 1.165) is 16.9 Å². The first-order valence-electron chi connectivity index (χ1n) is 9.46. The van der Waals surface area contributed by atoms with E-state index in [1.54, 1.807) is 6.92 Å². The van der Waals surface area contributed by atoms with Gasteiger partial charge in [-0.05, 0) is 37.1 Å². The molecule has 0 saturated heterocycles. The average Bonchev–Trinajstić information content (AvgIpc) is 3.09. The number of nitrogens with one attached hydrogen (secondary N) is 2. The first-order valence-corrected chi connectivity index (χ1v) is 10.3. The predicted molar refractivity (Wildman–Crippen MR) is 117 cm³/mol. The minimum atomic E-state index is -0.728. The van der Waals surface area contributed by atoms with E-state index in [2.05, 4.69) is 10.6 Å². The third kappa shape index (κ3) is 4.80. The van der Waals surface area contributed by atoms with Gasteiger partial charge in [0.2, 0.25) is 0 Å². The topological polar surface area (TPSA) is 84.5 Å². The molecule has 2 aromatic carbocycles. The largest absolute Gasteiger partial charge is 0.465 e. The lowest BCUT2D eigenvalue weighted by molar-refractivity contribution is 0.0601. The Morgan fingerprint density at radius 3 is 2.29 bits per heavy atom. The van der Waals surface area contributed by atoms with Crippen LogP contribution in [0.4, 0.5) is 9.39 Å². The van der Waals surface area contributed by atoms with Crippen molar-refractivity contribution in [3.63, 3.8) is 0 Å². The second-order valence-corrected chi connectivity index (χ2v) is 7.81. The zero-order valence-corrected chi connectivity index (χ0v) is 18.0. The maximum atomic E-state index is 14.0. The highest BCUT2D eigenvalue weighted by molar-refractivity contribution is 7.18. The van der Waals surface area contributed by atoms with E-state index in [0.29, 0.717) is 5.56 Å². The molecule has 3 aromatic rings. The molecule has 2 N–H and O–H groups in total. The van der Waals surface area contributed by atoms with Gasteiger partial charge in [-0.1, -0.05) is 42.5 Å². The number of thiophene rings is 1. The number of rotatable bonds is 6. The average molecular weight is 440 g/mol. The number of benzene rings is 2. The summed E-state index contributed by atoms with van der Waals surface area (Å²) in [5, 5.41) is 5.55. The molecular formula is C23H21FN2O4S. The molecule has 1 heterocycles. The Morgan fingerprint density at radius 2 is 1.65 bits per heavy atom. The number of carbonyl (C=O) groups excluding carboxylic acids is 3. The van der Waals surface area contributed by atoms with E-state index >= 15 is 0 Å². The van der Waals surface area contributed by atoms with Crippen molar-refractivity contribution in [2.75, 3.05) is 12.4 Å². The van der Waals surface area contributed by atoms with Crippen LogP contribution < -0.4 is 10.6 Å².